The number of rotatable bonds is 5. The smallest absolute Gasteiger partial charge is 0.259 e. The van der Waals surface area contributed by atoms with Gasteiger partial charge in [0.1, 0.15) is 0 Å². The van der Waals surface area contributed by atoms with Crippen molar-refractivity contribution in [2.45, 2.75) is 72.1 Å². The van der Waals surface area contributed by atoms with Crippen LogP contribution in [-0.2, 0) is 9.59 Å². The number of nitrogens with one attached hydrogen (secondary N) is 2. The van der Waals surface area contributed by atoms with Gasteiger partial charge in [0.25, 0.3) is 11.8 Å². The number of halogens is 6. The first-order chi connectivity index (χ1) is 16.3. The van der Waals surface area contributed by atoms with Crippen LogP contribution >= 0.6 is 74.4 Å². The molecule has 2 atom stereocenters. The molecule has 0 saturated heterocycles. The van der Waals surface area contributed by atoms with Gasteiger partial charge in [-0.1, -0.05) is 68.1 Å². The minimum absolute atomic E-state index is 0. The van der Waals surface area contributed by atoms with Crippen molar-refractivity contribution < 1.29 is 9.59 Å². The molecule has 42 heavy (non-hydrogen) atoms. The largest absolute Gasteiger partial charge is 0.349 e. The fourth-order valence-corrected chi connectivity index (χ4v) is 2.73. The number of amides is 2. The molecule has 0 aliphatic heterocycles. The Bertz CT molecular complexity index is 1070. The van der Waals surface area contributed by atoms with Crippen LogP contribution in [-0.4, -0.2) is 40.7 Å². The second-order valence-corrected chi connectivity index (χ2v) is 9.83. The molecule has 4 N–H and O–H groups in total. The van der Waals surface area contributed by atoms with Crippen LogP contribution in [0.15, 0.2) is 65.7 Å². The van der Waals surface area contributed by atoms with Crippen LogP contribution in [0.4, 0.5) is 0 Å². The maximum absolute atomic E-state index is 12.3. The third-order valence-corrected chi connectivity index (χ3v) is 4.14. The van der Waals surface area contributed by atoms with Gasteiger partial charge in [0.05, 0.1) is 17.9 Å². The minimum atomic E-state index is -1.10. The average Bonchev–Trinajstić information content (AvgIpc) is 2.78. The van der Waals surface area contributed by atoms with Gasteiger partial charge in [-0.3, -0.25) is 14.6 Å². The van der Waals surface area contributed by atoms with Gasteiger partial charge in [-0.15, -0.1) is 74.4 Å². The molecule has 2 unspecified atom stereocenters. The summed E-state index contributed by atoms with van der Waals surface area (Å²) < 4.78 is 0. The maximum Gasteiger partial charge on any atom is 0.259 e. The summed E-state index contributed by atoms with van der Waals surface area (Å²) in [7, 11) is 0. The monoisotopic (exact) mass is 706 g/mol. The zero-order chi connectivity index (χ0) is 26.6. The number of carbonyl (C=O) groups is 2. The van der Waals surface area contributed by atoms with Gasteiger partial charge in [0.2, 0.25) is 6.04 Å². The fraction of sp³-hybridized carbons (Fsp3) is 0.393. The molecule has 8 nitrogen and oxygen atoms in total. The Hall–Kier alpha value is -2.27. The highest BCUT2D eigenvalue weighted by molar-refractivity contribution is 6.13. The standard InChI is InChI=1S/C20H21N3O.C7H13N3O.CH4.6ClH/c1-20(2,3)23-19(24)17(14-21)22-18(15-10-6-4-7-11-15)16-12-8-5-9-13-16;1-7(2,3)10-6(11)5(9)4-8;;;;;;;/h4-13,17H,1-3H3,(H,23,24);5H,9H2,1-3H3,(H,10,11);1H4;6*1H. The molecule has 0 aromatic heterocycles. The van der Waals surface area contributed by atoms with Crippen LogP contribution in [0.1, 0.15) is 60.1 Å². The Morgan fingerprint density at radius 2 is 1.02 bits per heavy atom. The average molecular weight is 709 g/mol. The molecule has 0 aliphatic carbocycles. The summed E-state index contributed by atoms with van der Waals surface area (Å²) >= 11 is 0. The van der Waals surface area contributed by atoms with Crippen molar-refractivity contribution in [1.29, 1.82) is 10.5 Å². The topological polar surface area (TPSA) is 144 Å². The van der Waals surface area contributed by atoms with Crippen molar-refractivity contribution in [2.75, 3.05) is 0 Å². The second kappa shape index (κ2) is 26.4. The van der Waals surface area contributed by atoms with Gasteiger partial charge in [-0.25, -0.2) is 0 Å². The lowest BCUT2D eigenvalue weighted by Crippen LogP contribution is -2.48. The lowest BCUT2D eigenvalue weighted by atomic mass is 10.0. The van der Waals surface area contributed by atoms with Crippen LogP contribution in [0.2, 0.25) is 0 Å². The zero-order valence-corrected chi connectivity index (χ0v) is 28.5. The van der Waals surface area contributed by atoms with Crippen molar-refractivity contribution in [3.63, 3.8) is 0 Å². The summed E-state index contributed by atoms with van der Waals surface area (Å²) in [5, 5.41) is 23.1. The molecular formula is C28H44Cl6N6O2. The van der Waals surface area contributed by atoms with Crippen molar-refractivity contribution >= 4 is 92.0 Å². The summed E-state index contributed by atoms with van der Waals surface area (Å²) in [6.07, 6.45) is 0. The van der Waals surface area contributed by atoms with E-state index < -0.39 is 29.4 Å². The van der Waals surface area contributed by atoms with Gasteiger partial charge in [-0.05, 0) is 41.5 Å². The van der Waals surface area contributed by atoms with Crippen molar-refractivity contribution in [2.24, 2.45) is 10.7 Å². The normalized spacial score (nSPS) is 10.3. The molecule has 2 rings (SSSR count). The van der Waals surface area contributed by atoms with E-state index in [1.165, 1.54) is 0 Å². The molecule has 14 heteroatoms. The van der Waals surface area contributed by atoms with Crippen molar-refractivity contribution in [3.05, 3.63) is 71.8 Å². The fourth-order valence-electron chi connectivity index (χ4n) is 2.73. The van der Waals surface area contributed by atoms with E-state index in [0.29, 0.717) is 5.71 Å². The summed E-state index contributed by atoms with van der Waals surface area (Å²) in [5.74, 6) is -0.825. The first kappa shape index (κ1) is 55.6. The van der Waals surface area contributed by atoms with E-state index in [1.54, 1.807) is 6.07 Å². The Kier molecular flexibility index (Phi) is 34.9. The number of aliphatic imine (C=N–C) groups is 1. The summed E-state index contributed by atoms with van der Waals surface area (Å²) in [6.45, 7) is 11.1. The molecule has 240 valence electrons. The Labute approximate surface area is 288 Å². The predicted octanol–water partition coefficient (Wildman–Crippen LogP) is 6.25. The van der Waals surface area contributed by atoms with E-state index in [2.05, 4.69) is 15.6 Å². The SMILES string of the molecule is C.CC(C)(C)NC(=O)C(C#N)N=C(c1ccccc1)c1ccccc1.CC(C)(C)NC(=O)C(N)C#N.Cl.Cl.Cl.Cl.Cl.Cl. The highest BCUT2D eigenvalue weighted by Gasteiger charge is 2.23. The zero-order valence-electron chi connectivity index (χ0n) is 23.6. The molecule has 0 spiro atoms. The van der Waals surface area contributed by atoms with Crippen LogP contribution in [0, 0.1) is 22.7 Å². The molecule has 2 amide bonds. The number of nitrogens with zero attached hydrogens (tertiary/aromatic N) is 3. The number of carbonyl (C=O) groups excluding carboxylic acids is 2. The van der Waals surface area contributed by atoms with Gasteiger partial charge in [0, 0.05) is 22.2 Å². The van der Waals surface area contributed by atoms with E-state index in [9.17, 15) is 14.9 Å². The van der Waals surface area contributed by atoms with Crippen molar-refractivity contribution in [1.82, 2.24) is 10.6 Å². The molecular weight excluding hydrogens is 665 g/mol. The molecule has 0 bridgehead atoms. The second-order valence-electron chi connectivity index (χ2n) is 9.83. The predicted molar refractivity (Wildman–Crippen MR) is 188 cm³/mol. The third-order valence-electron chi connectivity index (χ3n) is 4.14. The summed E-state index contributed by atoms with van der Waals surface area (Å²) in [6, 6.07) is 20.6. The van der Waals surface area contributed by atoms with Gasteiger partial charge in [0.15, 0.2) is 6.04 Å². The lowest BCUT2D eigenvalue weighted by molar-refractivity contribution is -0.123. The molecule has 0 radical (unpaired) electrons. The third kappa shape index (κ3) is 22.3. The highest BCUT2D eigenvalue weighted by Crippen LogP contribution is 2.13. The first-order valence-corrected chi connectivity index (χ1v) is 11.1. The van der Waals surface area contributed by atoms with Crippen molar-refractivity contribution in [3.8, 4) is 12.1 Å². The van der Waals surface area contributed by atoms with Crippen LogP contribution in [0.25, 0.3) is 0 Å². The molecule has 0 fully saturated rings. The number of hydrogen-bond donors (Lipinski definition) is 3. The van der Waals surface area contributed by atoms with E-state index in [-0.39, 0.29) is 87.4 Å². The Balaban J connectivity index is -0.000000120. The Morgan fingerprint density at radius 1 is 0.690 bits per heavy atom. The molecule has 0 saturated carbocycles. The molecule has 2 aromatic rings. The van der Waals surface area contributed by atoms with Gasteiger partial charge < -0.3 is 16.4 Å². The summed E-state index contributed by atoms with van der Waals surface area (Å²) in [5.41, 5.74) is 6.77. The van der Waals surface area contributed by atoms with Crippen LogP contribution in [0.3, 0.4) is 0 Å². The highest BCUT2D eigenvalue weighted by atomic mass is 35.5. The van der Waals surface area contributed by atoms with E-state index >= 15 is 0 Å². The quantitative estimate of drug-likeness (QED) is 0.315. The lowest BCUT2D eigenvalue weighted by Gasteiger charge is -2.21. The molecule has 0 aliphatic rings. The first-order valence-electron chi connectivity index (χ1n) is 11.1. The summed E-state index contributed by atoms with van der Waals surface area (Å²) in [4.78, 5) is 27.7. The Morgan fingerprint density at radius 3 is 1.31 bits per heavy atom. The minimum Gasteiger partial charge on any atom is -0.349 e. The van der Waals surface area contributed by atoms with Gasteiger partial charge in [-0.2, -0.15) is 10.5 Å². The molecule has 0 heterocycles. The van der Waals surface area contributed by atoms with E-state index in [1.807, 2.05) is 108 Å². The number of nitrogens with two attached hydrogens (primary N) is 1. The van der Waals surface area contributed by atoms with Crippen LogP contribution in [0.5, 0.6) is 0 Å². The van der Waals surface area contributed by atoms with E-state index in [4.69, 9.17) is 11.0 Å². The maximum atomic E-state index is 12.3. The number of nitriles is 2. The van der Waals surface area contributed by atoms with E-state index in [0.717, 1.165) is 11.1 Å². The number of benzene rings is 2. The van der Waals surface area contributed by atoms with Crippen LogP contribution < -0.4 is 16.4 Å². The molecule has 2 aromatic carbocycles. The van der Waals surface area contributed by atoms with Gasteiger partial charge >= 0.3 is 0 Å². The number of hydrogen-bond acceptors (Lipinski definition) is 6.